The predicted octanol–water partition coefficient (Wildman–Crippen LogP) is 4.92. The summed E-state index contributed by atoms with van der Waals surface area (Å²) < 4.78 is 10.9. The van der Waals surface area contributed by atoms with Crippen molar-refractivity contribution >= 4 is 28.5 Å². The Kier molecular flexibility index (Phi) is 5.64. The van der Waals surface area contributed by atoms with Gasteiger partial charge in [-0.3, -0.25) is 9.59 Å². The van der Waals surface area contributed by atoms with Crippen LogP contribution in [0.3, 0.4) is 0 Å². The molecule has 0 aliphatic rings. The SMILES string of the molecule is CCC(C)(C)NC(=O)c1ccc(NC(=O)c2c(C)oc3ccc(OC)cc23)cc1. The fourth-order valence-corrected chi connectivity index (χ4v) is 2.97. The van der Waals surface area contributed by atoms with Crippen molar-refractivity contribution < 1.29 is 18.7 Å². The Bertz CT molecular complexity index is 1050. The molecule has 6 nitrogen and oxygen atoms in total. The number of fused-ring (bicyclic) bond motifs is 1. The number of carbonyl (C=O) groups is 2. The number of nitrogens with one attached hydrogen (secondary N) is 2. The summed E-state index contributed by atoms with van der Waals surface area (Å²) in [4.78, 5) is 25.2. The average molecular weight is 394 g/mol. The van der Waals surface area contributed by atoms with Gasteiger partial charge in [0, 0.05) is 22.2 Å². The largest absolute Gasteiger partial charge is 0.497 e. The molecule has 0 atom stereocenters. The van der Waals surface area contributed by atoms with Crippen molar-refractivity contribution in [1.82, 2.24) is 5.32 Å². The van der Waals surface area contributed by atoms with Crippen LogP contribution in [0.15, 0.2) is 46.9 Å². The smallest absolute Gasteiger partial charge is 0.259 e. The molecule has 0 aliphatic carbocycles. The molecule has 0 saturated carbocycles. The van der Waals surface area contributed by atoms with Crippen LogP contribution < -0.4 is 15.4 Å². The van der Waals surface area contributed by atoms with Crippen LogP contribution >= 0.6 is 0 Å². The number of hydrogen-bond acceptors (Lipinski definition) is 4. The van der Waals surface area contributed by atoms with E-state index in [1.54, 1.807) is 56.5 Å². The average Bonchev–Trinajstić information content (AvgIpc) is 3.02. The number of amides is 2. The molecule has 3 aromatic rings. The van der Waals surface area contributed by atoms with Gasteiger partial charge in [0.25, 0.3) is 11.8 Å². The lowest BCUT2D eigenvalue weighted by atomic mass is 10.0. The number of carbonyl (C=O) groups excluding carboxylic acids is 2. The molecule has 0 unspecified atom stereocenters. The summed E-state index contributed by atoms with van der Waals surface area (Å²) in [5.41, 5.74) is 1.95. The third-order valence-electron chi connectivity index (χ3n) is 5.04. The van der Waals surface area contributed by atoms with E-state index in [1.807, 2.05) is 20.8 Å². The van der Waals surface area contributed by atoms with Gasteiger partial charge in [0.1, 0.15) is 17.1 Å². The third kappa shape index (κ3) is 4.42. The molecule has 2 amide bonds. The van der Waals surface area contributed by atoms with E-state index in [1.165, 1.54) is 0 Å². The number of benzene rings is 2. The summed E-state index contributed by atoms with van der Waals surface area (Å²) in [6.07, 6.45) is 0.829. The van der Waals surface area contributed by atoms with Crippen LogP contribution in [0.25, 0.3) is 11.0 Å². The van der Waals surface area contributed by atoms with E-state index < -0.39 is 0 Å². The second kappa shape index (κ2) is 7.99. The molecule has 3 rings (SSSR count). The molecular formula is C23H26N2O4. The van der Waals surface area contributed by atoms with Crippen molar-refractivity contribution in [3.63, 3.8) is 0 Å². The lowest BCUT2D eigenvalue weighted by molar-refractivity contribution is 0.0910. The zero-order chi connectivity index (χ0) is 21.2. The summed E-state index contributed by atoms with van der Waals surface area (Å²) in [7, 11) is 1.58. The topological polar surface area (TPSA) is 80.6 Å². The quantitative estimate of drug-likeness (QED) is 0.622. The van der Waals surface area contributed by atoms with Crippen LogP contribution in [0.5, 0.6) is 5.75 Å². The van der Waals surface area contributed by atoms with Crippen molar-refractivity contribution in [1.29, 1.82) is 0 Å². The van der Waals surface area contributed by atoms with E-state index in [0.717, 1.165) is 6.42 Å². The number of anilines is 1. The maximum Gasteiger partial charge on any atom is 0.259 e. The van der Waals surface area contributed by atoms with Gasteiger partial charge < -0.3 is 19.8 Å². The van der Waals surface area contributed by atoms with E-state index in [-0.39, 0.29) is 17.4 Å². The van der Waals surface area contributed by atoms with Gasteiger partial charge in [0.2, 0.25) is 0 Å². The van der Waals surface area contributed by atoms with Gasteiger partial charge in [-0.1, -0.05) is 6.92 Å². The maximum atomic E-state index is 12.9. The predicted molar refractivity (Wildman–Crippen MR) is 114 cm³/mol. The molecule has 2 N–H and O–H groups in total. The highest BCUT2D eigenvalue weighted by atomic mass is 16.5. The fraction of sp³-hybridized carbons (Fsp3) is 0.304. The van der Waals surface area contributed by atoms with Crippen LogP contribution in [0, 0.1) is 6.92 Å². The molecule has 2 aromatic carbocycles. The summed E-state index contributed by atoms with van der Waals surface area (Å²) in [5.74, 6) is 0.763. The monoisotopic (exact) mass is 394 g/mol. The van der Waals surface area contributed by atoms with Crippen molar-refractivity contribution in [2.75, 3.05) is 12.4 Å². The van der Waals surface area contributed by atoms with Gasteiger partial charge in [-0.25, -0.2) is 0 Å². The highest BCUT2D eigenvalue weighted by molar-refractivity contribution is 6.13. The zero-order valence-electron chi connectivity index (χ0n) is 17.4. The van der Waals surface area contributed by atoms with E-state index in [2.05, 4.69) is 10.6 Å². The molecule has 152 valence electrons. The molecule has 0 bridgehead atoms. The standard InChI is InChI=1S/C23H26N2O4/c1-6-23(3,4)25-21(26)15-7-9-16(10-8-15)24-22(27)20-14(2)29-19-12-11-17(28-5)13-18(19)20/h7-13H,6H2,1-5H3,(H,24,27)(H,25,26). The molecule has 0 fully saturated rings. The Morgan fingerprint density at radius 3 is 2.38 bits per heavy atom. The number of furan rings is 1. The highest BCUT2D eigenvalue weighted by Crippen LogP contribution is 2.29. The van der Waals surface area contributed by atoms with Crippen LogP contribution in [-0.4, -0.2) is 24.5 Å². The fourth-order valence-electron chi connectivity index (χ4n) is 2.97. The number of ether oxygens (including phenoxy) is 1. The number of rotatable bonds is 6. The first-order chi connectivity index (χ1) is 13.7. The van der Waals surface area contributed by atoms with Gasteiger partial charge in [-0.2, -0.15) is 0 Å². The van der Waals surface area contributed by atoms with E-state index >= 15 is 0 Å². The van der Waals surface area contributed by atoms with Crippen LogP contribution in [0.4, 0.5) is 5.69 Å². The first-order valence-corrected chi connectivity index (χ1v) is 9.55. The van der Waals surface area contributed by atoms with Gasteiger partial charge in [-0.05, 0) is 69.7 Å². The number of methoxy groups -OCH3 is 1. The second-order valence-corrected chi connectivity index (χ2v) is 7.62. The number of hydrogen-bond donors (Lipinski definition) is 2. The first kappa shape index (κ1) is 20.5. The van der Waals surface area contributed by atoms with Crippen molar-refractivity contribution in [2.24, 2.45) is 0 Å². The minimum atomic E-state index is -0.279. The molecule has 0 radical (unpaired) electrons. The molecule has 0 saturated heterocycles. The summed E-state index contributed by atoms with van der Waals surface area (Å²) in [6, 6.07) is 12.2. The van der Waals surface area contributed by atoms with Gasteiger partial charge in [0.15, 0.2) is 0 Å². The van der Waals surface area contributed by atoms with E-state index in [4.69, 9.17) is 9.15 Å². The minimum Gasteiger partial charge on any atom is -0.497 e. The Morgan fingerprint density at radius 1 is 1.07 bits per heavy atom. The van der Waals surface area contributed by atoms with Crippen LogP contribution in [0.1, 0.15) is 53.7 Å². The highest BCUT2D eigenvalue weighted by Gasteiger charge is 2.20. The maximum absolute atomic E-state index is 12.9. The summed E-state index contributed by atoms with van der Waals surface area (Å²) in [6.45, 7) is 7.73. The van der Waals surface area contributed by atoms with Gasteiger partial charge in [0.05, 0.1) is 12.7 Å². The van der Waals surface area contributed by atoms with Crippen molar-refractivity contribution in [3.8, 4) is 5.75 Å². The Balaban J connectivity index is 1.79. The van der Waals surface area contributed by atoms with Crippen molar-refractivity contribution in [2.45, 2.75) is 39.7 Å². The van der Waals surface area contributed by atoms with Crippen molar-refractivity contribution in [3.05, 3.63) is 59.4 Å². The minimum absolute atomic E-state index is 0.140. The lowest BCUT2D eigenvalue weighted by Gasteiger charge is -2.24. The molecule has 1 aromatic heterocycles. The van der Waals surface area contributed by atoms with Gasteiger partial charge in [-0.15, -0.1) is 0 Å². The molecule has 6 heteroatoms. The molecule has 29 heavy (non-hydrogen) atoms. The Morgan fingerprint density at radius 2 is 1.76 bits per heavy atom. The van der Waals surface area contributed by atoms with E-state index in [9.17, 15) is 9.59 Å². The molecule has 0 spiro atoms. The summed E-state index contributed by atoms with van der Waals surface area (Å²) in [5, 5.41) is 6.55. The second-order valence-electron chi connectivity index (χ2n) is 7.62. The molecule has 1 heterocycles. The van der Waals surface area contributed by atoms with E-state index in [0.29, 0.717) is 39.3 Å². The van der Waals surface area contributed by atoms with Crippen LogP contribution in [-0.2, 0) is 0 Å². The Hall–Kier alpha value is -3.28. The lowest BCUT2D eigenvalue weighted by Crippen LogP contribution is -2.42. The molecular weight excluding hydrogens is 368 g/mol. The zero-order valence-corrected chi connectivity index (χ0v) is 17.4. The number of aryl methyl sites for hydroxylation is 1. The third-order valence-corrected chi connectivity index (χ3v) is 5.04. The normalized spacial score (nSPS) is 11.3. The van der Waals surface area contributed by atoms with Crippen LogP contribution in [0.2, 0.25) is 0 Å². The molecule has 0 aliphatic heterocycles. The summed E-state index contributed by atoms with van der Waals surface area (Å²) >= 11 is 0. The first-order valence-electron chi connectivity index (χ1n) is 9.55. The Labute approximate surface area is 170 Å². The van der Waals surface area contributed by atoms with Gasteiger partial charge >= 0.3 is 0 Å².